The Kier molecular flexibility index (Phi) is 11.2. The van der Waals surface area contributed by atoms with Crippen molar-refractivity contribution >= 4 is 94.2 Å². The fraction of sp³-hybridized carbons (Fsp3) is 0. The molecule has 4 heteroatoms. The first-order valence-electron chi connectivity index (χ1n) is 28.3. The highest BCUT2D eigenvalue weighted by Gasteiger charge is 2.41. The zero-order valence-electron chi connectivity index (χ0n) is 44.9. The van der Waals surface area contributed by atoms with E-state index in [2.05, 4.69) is 335 Å². The summed E-state index contributed by atoms with van der Waals surface area (Å²) in [5, 5.41) is 12.8. The van der Waals surface area contributed by atoms with E-state index < -0.39 is 8.07 Å². The number of benzene rings is 13. The summed E-state index contributed by atoms with van der Waals surface area (Å²) in [7, 11) is -2.77. The van der Waals surface area contributed by atoms with Crippen molar-refractivity contribution in [2.24, 2.45) is 0 Å². The molecular formula is C78H53N3Si. The molecule has 0 aliphatic carbocycles. The largest absolute Gasteiger partial charge is 0.309 e. The summed E-state index contributed by atoms with van der Waals surface area (Å²) in [6.07, 6.45) is 0. The summed E-state index contributed by atoms with van der Waals surface area (Å²) < 4.78 is 7.40. The van der Waals surface area contributed by atoms with Gasteiger partial charge in [0, 0.05) is 49.4 Å². The molecule has 0 spiro atoms. The van der Waals surface area contributed by atoms with Gasteiger partial charge in [-0.25, -0.2) is 0 Å². The first-order valence-corrected chi connectivity index (χ1v) is 30.3. The van der Waals surface area contributed by atoms with Crippen LogP contribution in [0.2, 0.25) is 0 Å². The SMILES string of the molecule is c1ccc(-c2ccc3c(c2)c2ccccc2n3-c2ccc3c(c2)c2ccccc2n3-c2cc(-c3cccc(-c4cccc([Si](c5ccccc5)(c5ccccc5)c5ccccc5)c4)c3)cc(-n3c4ccccc4c4ccccc43)c2)cc1. The van der Waals surface area contributed by atoms with E-state index in [1.165, 1.54) is 97.4 Å². The number of fused-ring (bicyclic) bond motifs is 9. The molecule has 3 heterocycles. The quantitative estimate of drug-likeness (QED) is 0.0958. The van der Waals surface area contributed by atoms with Crippen LogP contribution in [0, 0.1) is 0 Å². The van der Waals surface area contributed by atoms with Gasteiger partial charge in [0.05, 0.1) is 33.1 Å². The summed E-state index contributed by atoms with van der Waals surface area (Å²) in [5.41, 5.74) is 17.4. The van der Waals surface area contributed by atoms with E-state index >= 15 is 0 Å². The molecule has 16 rings (SSSR count). The first-order chi connectivity index (χ1) is 40.7. The fourth-order valence-corrected chi connectivity index (χ4v) is 18.3. The molecule has 0 aliphatic rings. The molecule has 0 amide bonds. The van der Waals surface area contributed by atoms with Crippen molar-refractivity contribution in [3.63, 3.8) is 0 Å². The molecule has 0 unspecified atom stereocenters. The molecule has 0 bridgehead atoms. The number of nitrogens with zero attached hydrogens (tertiary/aromatic N) is 3. The fourth-order valence-electron chi connectivity index (χ4n) is 13.5. The van der Waals surface area contributed by atoms with Gasteiger partial charge in [-0.2, -0.15) is 0 Å². The van der Waals surface area contributed by atoms with E-state index in [4.69, 9.17) is 0 Å². The molecular weight excluding hydrogens is 1010 g/mol. The van der Waals surface area contributed by atoms with Gasteiger partial charge in [0.25, 0.3) is 0 Å². The van der Waals surface area contributed by atoms with E-state index in [1.807, 2.05) is 0 Å². The van der Waals surface area contributed by atoms with E-state index in [9.17, 15) is 0 Å². The van der Waals surface area contributed by atoms with Gasteiger partial charge < -0.3 is 13.7 Å². The summed E-state index contributed by atoms with van der Waals surface area (Å²) >= 11 is 0. The summed E-state index contributed by atoms with van der Waals surface area (Å²) in [6.45, 7) is 0. The highest BCUT2D eigenvalue weighted by atomic mass is 28.3. The van der Waals surface area contributed by atoms with Gasteiger partial charge >= 0.3 is 0 Å². The Morgan fingerprint density at radius 1 is 0.171 bits per heavy atom. The molecule has 0 N–H and O–H groups in total. The average Bonchev–Trinajstić information content (AvgIpc) is 4.13. The lowest BCUT2D eigenvalue weighted by Crippen LogP contribution is -2.74. The predicted molar refractivity (Wildman–Crippen MR) is 349 cm³/mol. The van der Waals surface area contributed by atoms with E-state index in [-0.39, 0.29) is 0 Å². The molecule has 13 aromatic carbocycles. The molecule has 82 heavy (non-hydrogen) atoms. The number of hydrogen-bond acceptors (Lipinski definition) is 0. The van der Waals surface area contributed by atoms with E-state index in [0.717, 1.165) is 39.2 Å². The third-order valence-corrected chi connectivity index (χ3v) is 21.9. The van der Waals surface area contributed by atoms with Gasteiger partial charge in [-0.05, 0) is 133 Å². The first kappa shape index (κ1) is 47.5. The van der Waals surface area contributed by atoms with Crippen molar-refractivity contribution in [3.05, 3.63) is 322 Å². The molecule has 0 fully saturated rings. The van der Waals surface area contributed by atoms with E-state index in [1.54, 1.807) is 0 Å². The third kappa shape index (κ3) is 7.57. The zero-order chi connectivity index (χ0) is 54.1. The second kappa shape index (κ2) is 19.4. The van der Waals surface area contributed by atoms with Crippen LogP contribution in [0.1, 0.15) is 0 Å². The second-order valence-electron chi connectivity index (χ2n) is 21.6. The minimum atomic E-state index is -2.77. The molecule has 0 saturated heterocycles. The molecule has 0 atom stereocenters. The minimum absolute atomic E-state index is 1.09. The van der Waals surface area contributed by atoms with Crippen molar-refractivity contribution in [2.45, 2.75) is 0 Å². The van der Waals surface area contributed by atoms with E-state index in [0.29, 0.717) is 0 Å². The third-order valence-electron chi connectivity index (χ3n) is 17.1. The molecule has 0 saturated carbocycles. The van der Waals surface area contributed by atoms with Crippen molar-refractivity contribution in [1.29, 1.82) is 0 Å². The minimum Gasteiger partial charge on any atom is -0.309 e. The van der Waals surface area contributed by atoms with Crippen molar-refractivity contribution in [1.82, 2.24) is 13.7 Å². The summed E-state index contributed by atoms with van der Waals surface area (Å²) in [6, 6.07) is 120. The smallest absolute Gasteiger partial charge is 0.179 e. The average molecular weight is 1060 g/mol. The number of hydrogen-bond donors (Lipinski definition) is 0. The molecule has 0 radical (unpaired) electrons. The lowest BCUT2D eigenvalue weighted by atomic mass is 9.98. The van der Waals surface area contributed by atoms with Gasteiger partial charge in [-0.3, -0.25) is 0 Å². The van der Waals surface area contributed by atoms with Crippen molar-refractivity contribution < 1.29 is 0 Å². The van der Waals surface area contributed by atoms with Crippen LogP contribution in [0.25, 0.3) is 116 Å². The highest BCUT2D eigenvalue weighted by Crippen LogP contribution is 2.41. The van der Waals surface area contributed by atoms with Crippen LogP contribution in [-0.4, -0.2) is 21.8 Å². The summed E-state index contributed by atoms with van der Waals surface area (Å²) in [4.78, 5) is 0. The standard InChI is InChI=1S/C78H53N3Si/c1-5-23-54(24-6-1)58-43-45-77-71(51-58)69-37-15-19-41-75(69)79(77)60-44-46-78-72(53-60)70-38-16-20-42-76(70)81(78)62-49-59(48-61(52-62)80-73-39-17-13-35-67(73)68-36-14-18-40-74(68)80)56-26-21-25-55(47-56)57-27-22-34-66(50-57)82(63-28-7-2-8-29-63,64-30-9-3-10-31-64)65-32-11-4-12-33-65/h1-53H. The topological polar surface area (TPSA) is 14.8 Å². The Morgan fingerprint density at radius 3 is 1.02 bits per heavy atom. The van der Waals surface area contributed by atoms with Gasteiger partial charge in [0.1, 0.15) is 0 Å². The number of aromatic nitrogens is 3. The van der Waals surface area contributed by atoms with Crippen LogP contribution in [0.3, 0.4) is 0 Å². The molecule has 3 nitrogen and oxygen atoms in total. The summed E-state index contributed by atoms with van der Waals surface area (Å²) in [5.74, 6) is 0. The maximum atomic E-state index is 2.49. The van der Waals surface area contributed by atoms with Gasteiger partial charge in [0.2, 0.25) is 0 Å². The monoisotopic (exact) mass is 1060 g/mol. The van der Waals surface area contributed by atoms with Gasteiger partial charge in [-0.1, -0.05) is 243 Å². The predicted octanol–water partition coefficient (Wildman–Crippen LogP) is 17.4. The highest BCUT2D eigenvalue weighted by molar-refractivity contribution is 7.19. The van der Waals surface area contributed by atoms with Crippen molar-refractivity contribution in [3.8, 4) is 50.4 Å². The lowest BCUT2D eigenvalue weighted by molar-refractivity contribution is 1.13. The Labute approximate surface area is 477 Å². The molecule has 0 aliphatic heterocycles. The van der Waals surface area contributed by atoms with Gasteiger partial charge in [-0.15, -0.1) is 0 Å². The number of rotatable bonds is 10. The zero-order valence-corrected chi connectivity index (χ0v) is 45.9. The van der Waals surface area contributed by atoms with Crippen LogP contribution < -0.4 is 20.7 Å². The van der Waals surface area contributed by atoms with Crippen molar-refractivity contribution in [2.75, 3.05) is 0 Å². The molecule has 384 valence electrons. The maximum Gasteiger partial charge on any atom is 0.179 e. The Balaban J connectivity index is 0.891. The molecule has 16 aromatic rings. The Hall–Kier alpha value is -10.5. The maximum absolute atomic E-state index is 2.77. The molecule has 3 aromatic heterocycles. The Bertz CT molecular complexity index is 4940. The normalized spacial score (nSPS) is 11.9. The van der Waals surface area contributed by atoms with Crippen LogP contribution >= 0.6 is 0 Å². The van der Waals surface area contributed by atoms with Crippen LogP contribution in [0.4, 0.5) is 0 Å². The van der Waals surface area contributed by atoms with Crippen LogP contribution in [0.15, 0.2) is 322 Å². The number of para-hydroxylation sites is 4. The second-order valence-corrected chi connectivity index (χ2v) is 25.4. The van der Waals surface area contributed by atoms with Gasteiger partial charge in [0.15, 0.2) is 8.07 Å². The Morgan fingerprint density at radius 2 is 0.512 bits per heavy atom. The van der Waals surface area contributed by atoms with Crippen LogP contribution in [0.5, 0.6) is 0 Å². The van der Waals surface area contributed by atoms with Crippen LogP contribution in [-0.2, 0) is 0 Å². The lowest BCUT2D eigenvalue weighted by Gasteiger charge is -2.34.